The molecule has 0 aliphatic heterocycles. The fourth-order valence-corrected chi connectivity index (χ4v) is 2.07. The highest BCUT2D eigenvalue weighted by atomic mass is 16.3. The highest BCUT2D eigenvalue weighted by Gasteiger charge is 2.15. The average molecular weight is 283 g/mol. The summed E-state index contributed by atoms with van der Waals surface area (Å²) in [6, 6.07) is 7.26. The SMILES string of the molecule is Cc1c(C#CCO)cccc1C(=O)N(C)Cc1ccoc1. The van der Waals surface area contributed by atoms with Gasteiger partial charge in [0.15, 0.2) is 0 Å². The van der Waals surface area contributed by atoms with Gasteiger partial charge in [0.2, 0.25) is 0 Å². The normalized spacial score (nSPS) is 9.86. The molecule has 4 nitrogen and oxygen atoms in total. The molecule has 0 atom stereocenters. The van der Waals surface area contributed by atoms with Crippen LogP contribution < -0.4 is 0 Å². The molecule has 0 saturated heterocycles. The highest BCUT2D eigenvalue weighted by molar-refractivity contribution is 5.96. The summed E-state index contributed by atoms with van der Waals surface area (Å²) >= 11 is 0. The van der Waals surface area contributed by atoms with Crippen LogP contribution in [-0.4, -0.2) is 29.6 Å². The minimum atomic E-state index is -0.196. The van der Waals surface area contributed by atoms with Crippen molar-refractivity contribution in [3.8, 4) is 11.8 Å². The van der Waals surface area contributed by atoms with Crippen LogP contribution in [0.4, 0.5) is 0 Å². The van der Waals surface area contributed by atoms with Gasteiger partial charge in [-0.15, -0.1) is 0 Å². The zero-order valence-corrected chi connectivity index (χ0v) is 12.1. The van der Waals surface area contributed by atoms with Crippen molar-refractivity contribution >= 4 is 5.91 Å². The fraction of sp³-hybridized carbons (Fsp3) is 0.235. The summed E-state index contributed by atoms with van der Waals surface area (Å²) in [6.07, 6.45) is 3.21. The number of furan rings is 1. The number of amides is 1. The Kier molecular flexibility index (Phi) is 4.81. The van der Waals surface area contributed by atoms with E-state index in [-0.39, 0.29) is 12.5 Å². The van der Waals surface area contributed by atoms with Gasteiger partial charge in [-0.2, -0.15) is 0 Å². The third kappa shape index (κ3) is 3.53. The summed E-state index contributed by atoms with van der Waals surface area (Å²) in [5.41, 5.74) is 3.14. The molecule has 4 heteroatoms. The van der Waals surface area contributed by atoms with Crippen molar-refractivity contribution in [2.24, 2.45) is 0 Å². The summed E-state index contributed by atoms with van der Waals surface area (Å²) in [7, 11) is 1.75. The monoisotopic (exact) mass is 283 g/mol. The minimum Gasteiger partial charge on any atom is -0.472 e. The van der Waals surface area contributed by atoms with E-state index in [1.54, 1.807) is 36.6 Å². The second-order valence-corrected chi connectivity index (χ2v) is 4.73. The zero-order valence-electron chi connectivity index (χ0n) is 12.1. The van der Waals surface area contributed by atoms with Crippen LogP contribution in [0.5, 0.6) is 0 Å². The summed E-state index contributed by atoms with van der Waals surface area (Å²) in [4.78, 5) is 14.2. The quantitative estimate of drug-likeness (QED) is 0.879. The van der Waals surface area contributed by atoms with Gasteiger partial charge in [0.05, 0.1) is 12.5 Å². The third-order valence-electron chi connectivity index (χ3n) is 3.21. The van der Waals surface area contributed by atoms with Crippen LogP contribution in [0.25, 0.3) is 0 Å². The predicted octanol–water partition coefficient (Wildman–Crippen LogP) is 2.20. The maximum absolute atomic E-state index is 12.5. The summed E-state index contributed by atoms with van der Waals surface area (Å²) in [5, 5.41) is 8.77. The minimum absolute atomic E-state index is 0.0682. The molecule has 0 radical (unpaired) electrons. The van der Waals surface area contributed by atoms with E-state index in [2.05, 4.69) is 11.8 Å². The number of rotatable bonds is 3. The van der Waals surface area contributed by atoms with Crippen LogP contribution in [0.15, 0.2) is 41.2 Å². The van der Waals surface area contributed by atoms with E-state index in [4.69, 9.17) is 9.52 Å². The summed E-state index contributed by atoms with van der Waals surface area (Å²) in [6.45, 7) is 2.15. The number of hydrogen-bond donors (Lipinski definition) is 1. The first-order valence-electron chi connectivity index (χ1n) is 6.59. The standard InChI is InChI=1S/C17H17NO3/c1-13-15(6-4-9-19)5-3-7-16(13)17(20)18(2)11-14-8-10-21-12-14/h3,5,7-8,10,12,19H,9,11H2,1-2H3. The molecule has 0 spiro atoms. The summed E-state index contributed by atoms with van der Waals surface area (Å²) in [5.74, 6) is 5.39. The van der Waals surface area contributed by atoms with Crippen LogP contribution in [0.2, 0.25) is 0 Å². The number of nitrogens with zero attached hydrogens (tertiary/aromatic N) is 1. The Morgan fingerprint density at radius 3 is 2.86 bits per heavy atom. The molecule has 1 aromatic heterocycles. The van der Waals surface area contributed by atoms with Gasteiger partial charge < -0.3 is 14.4 Å². The number of aliphatic hydroxyl groups is 1. The van der Waals surface area contributed by atoms with Crippen molar-refractivity contribution in [3.63, 3.8) is 0 Å². The van der Waals surface area contributed by atoms with E-state index in [1.165, 1.54) is 0 Å². The molecule has 0 unspecified atom stereocenters. The Morgan fingerprint density at radius 1 is 1.38 bits per heavy atom. The lowest BCUT2D eigenvalue weighted by atomic mass is 10.0. The van der Waals surface area contributed by atoms with E-state index in [0.29, 0.717) is 12.1 Å². The first-order chi connectivity index (χ1) is 10.1. The van der Waals surface area contributed by atoms with Gasteiger partial charge in [-0.1, -0.05) is 17.9 Å². The van der Waals surface area contributed by atoms with Crippen molar-refractivity contribution < 1.29 is 14.3 Å². The molecule has 2 rings (SSSR count). The second-order valence-electron chi connectivity index (χ2n) is 4.73. The van der Waals surface area contributed by atoms with Gasteiger partial charge in [-0.05, 0) is 30.7 Å². The predicted molar refractivity (Wildman–Crippen MR) is 79.6 cm³/mol. The molecule has 0 aliphatic carbocycles. The van der Waals surface area contributed by atoms with Gasteiger partial charge in [0.1, 0.15) is 6.61 Å². The van der Waals surface area contributed by atoms with Crippen molar-refractivity contribution in [1.82, 2.24) is 4.90 Å². The molecule has 21 heavy (non-hydrogen) atoms. The zero-order chi connectivity index (χ0) is 15.2. The number of hydrogen-bond acceptors (Lipinski definition) is 3. The number of carbonyl (C=O) groups is 1. The van der Waals surface area contributed by atoms with E-state index in [0.717, 1.165) is 16.7 Å². The Labute approximate surface area is 124 Å². The van der Waals surface area contributed by atoms with Crippen molar-refractivity contribution in [2.45, 2.75) is 13.5 Å². The first kappa shape index (κ1) is 14.9. The first-order valence-corrected chi connectivity index (χ1v) is 6.59. The van der Waals surface area contributed by atoms with Crippen LogP contribution in [0, 0.1) is 18.8 Å². The van der Waals surface area contributed by atoms with E-state index < -0.39 is 0 Å². The van der Waals surface area contributed by atoms with Crippen LogP contribution in [-0.2, 0) is 6.54 Å². The largest absolute Gasteiger partial charge is 0.472 e. The molecular weight excluding hydrogens is 266 g/mol. The average Bonchev–Trinajstić information content (AvgIpc) is 2.98. The molecule has 0 bridgehead atoms. The van der Waals surface area contributed by atoms with Crippen molar-refractivity contribution in [2.75, 3.05) is 13.7 Å². The molecule has 1 N–H and O–H groups in total. The maximum Gasteiger partial charge on any atom is 0.254 e. The highest BCUT2D eigenvalue weighted by Crippen LogP contribution is 2.16. The maximum atomic E-state index is 12.5. The van der Waals surface area contributed by atoms with E-state index in [9.17, 15) is 4.79 Å². The van der Waals surface area contributed by atoms with Gasteiger partial charge in [-0.25, -0.2) is 0 Å². The molecule has 0 aliphatic rings. The lowest BCUT2D eigenvalue weighted by Crippen LogP contribution is -2.26. The molecule has 1 heterocycles. The van der Waals surface area contributed by atoms with Crippen LogP contribution >= 0.6 is 0 Å². The number of aliphatic hydroxyl groups excluding tert-OH is 1. The van der Waals surface area contributed by atoms with Gasteiger partial charge >= 0.3 is 0 Å². The Bertz CT molecular complexity index is 678. The fourth-order valence-electron chi connectivity index (χ4n) is 2.07. The van der Waals surface area contributed by atoms with Gasteiger partial charge in [-0.3, -0.25) is 4.79 Å². The third-order valence-corrected chi connectivity index (χ3v) is 3.21. The molecule has 0 saturated carbocycles. The Hall–Kier alpha value is -2.51. The van der Waals surface area contributed by atoms with Gasteiger partial charge in [0.25, 0.3) is 5.91 Å². The van der Waals surface area contributed by atoms with Crippen molar-refractivity contribution in [3.05, 3.63) is 59.0 Å². The lowest BCUT2D eigenvalue weighted by molar-refractivity contribution is 0.0784. The summed E-state index contributed by atoms with van der Waals surface area (Å²) < 4.78 is 5.01. The molecule has 108 valence electrons. The van der Waals surface area contributed by atoms with E-state index >= 15 is 0 Å². The number of carbonyl (C=O) groups excluding carboxylic acids is 1. The number of benzene rings is 1. The van der Waals surface area contributed by atoms with Gasteiger partial charge in [0, 0.05) is 30.3 Å². The molecule has 2 aromatic rings. The van der Waals surface area contributed by atoms with Crippen LogP contribution in [0.3, 0.4) is 0 Å². The molecule has 0 fully saturated rings. The second kappa shape index (κ2) is 6.78. The topological polar surface area (TPSA) is 53.7 Å². The molecule has 1 aromatic carbocycles. The Morgan fingerprint density at radius 2 is 2.19 bits per heavy atom. The smallest absolute Gasteiger partial charge is 0.254 e. The Balaban J connectivity index is 2.22. The van der Waals surface area contributed by atoms with E-state index in [1.807, 2.05) is 19.1 Å². The lowest BCUT2D eigenvalue weighted by Gasteiger charge is -2.18. The molecular formula is C17H17NO3. The van der Waals surface area contributed by atoms with Crippen molar-refractivity contribution in [1.29, 1.82) is 0 Å². The molecule has 1 amide bonds. The van der Waals surface area contributed by atoms with Crippen LogP contribution in [0.1, 0.15) is 27.0 Å².